The molecule has 2 heterocycles. The zero-order valence-corrected chi connectivity index (χ0v) is 11.4. The maximum absolute atomic E-state index is 10.9. The summed E-state index contributed by atoms with van der Waals surface area (Å²) in [5.74, 6) is 0.528. The molecule has 0 spiro atoms. The molecule has 1 atom stereocenters. The molecule has 0 fully saturated rings. The molecule has 108 valence electrons. The number of H-pyrrole nitrogens is 1. The van der Waals surface area contributed by atoms with Crippen LogP contribution in [0.25, 0.3) is 11.6 Å². The van der Waals surface area contributed by atoms with Crippen molar-refractivity contribution in [2.24, 2.45) is 5.73 Å². The first-order chi connectivity index (χ1) is 9.53. The summed E-state index contributed by atoms with van der Waals surface area (Å²) in [6, 6.07) is 2.83. The lowest BCUT2D eigenvalue weighted by Gasteiger charge is -2.19. The quantitative estimate of drug-likeness (QED) is 0.735. The summed E-state index contributed by atoms with van der Waals surface area (Å²) in [4.78, 5) is 15.1. The molecule has 0 amide bonds. The molecule has 0 aliphatic heterocycles. The average Bonchev–Trinajstić information content (AvgIpc) is 2.90. The Morgan fingerprint density at radius 2 is 2.30 bits per heavy atom. The first-order valence-corrected chi connectivity index (χ1v) is 6.30. The van der Waals surface area contributed by atoms with Gasteiger partial charge < -0.3 is 15.0 Å². The monoisotopic (exact) mass is 279 g/mol. The normalized spacial score (nSPS) is 14.2. The Labute approximate surface area is 115 Å². The number of nitrogens with zero attached hydrogens (tertiary/aromatic N) is 3. The van der Waals surface area contributed by atoms with E-state index in [4.69, 9.17) is 15.0 Å². The molecular weight excluding hydrogens is 262 g/mol. The van der Waals surface area contributed by atoms with E-state index in [9.17, 15) is 4.79 Å². The van der Waals surface area contributed by atoms with Gasteiger partial charge in [0.05, 0.1) is 6.61 Å². The first-order valence-electron chi connectivity index (χ1n) is 6.30. The van der Waals surface area contributed by atoms with Crippen LogP contribution >= 0.6 is 0 Å². The van der Waals surface area contributed by atoms with Crippen LogP contribution in [0.3, 0.4) is 0 Å². The zero-order chi connectivity index (χ0) is 14.6. The van der Waals surface area contributed by atoms with Gasteiger partial charge in [0.15, 0.2) is 5.82 Å². The maximum Gasteiger partial charge on any atom is 0.278 e. The molecule has 1 unspecified atom stereocenters. The van der Waals surface area contributed by atoms with Crippen molar-refractivity contribution < 1.29 is 9.26 Å². The van der Waals surface area contributed by atoms with Crippen LogP contribution in [0.15, 0.2) is 21.5 Å². The van der Waals surface area contributed by atoms with Gasteiger partial charge in [0.1, 0.15) is 11.2 Å². The number of aromatic nitrogens is 4. The SMILES string of the molecule is CCCOCC(C)(N)c1noc(-c2ccc(=O)[nH]n2)n1. The summed E-state index contributed by atoms with van der Waals surface area (Å²) in [6.07, 6.45) is 0.912. The van der Waals surface area contributed by atoms with E-state index >= 15 is 0 Å². The molecule has 0 radical (unpaired) electrons. The molecule has 0 aliphatic carbocycles. The van der Waals surface area contributed by atoms with Crippen molar-refractivity contribution in [2.45, 2.75) is 25.8 Å². The largest absolute Gasteiger partial charge is 0.379 e. The van der Waals surface area contributed by atoms with Gasteiger partial charge in [-0.2, -0.15) is 10.1 Å². The molecule has 0 saturated heterocycles. The summed E-state index contributed by atoms with van der Waals surface area (Å²) in [7, 11) is 0. The van der Waals surface area contributed by atoms with Crippen molar-refractivity contribution in [1.29, 1.82) is 0 Å². The van der Waals surface area contributed by atoms with Crippen LogP contribution in [0.5, 0.6) is 0 Å². The molecule has 2 aromatic heterocycles. The number of ether oxygens (including phenoxy) is 1. The van der Waals surface area contributed by atoms with Gasteiger partial charge in [0, 0.05) is 12.7 Å². The third-order valence-corrected chi connectivity index (χ3v) is 2.59. The van der Waals surface area contributed by atoms with E-state index in [1.165, 1.54) is 12.1 Å². The fourth-order valence-electron chi connectivity index (χ4n) is 1.52. The summed E-state index contributed by atoms with van der Waals surface area (Å²) in [5.41, 5.74) is 5.34. The summed E-state index contributed by atoms with van der Waals surface area (Å²) >= 11 is 0. The minimum absolute atomic E-state index is 0.198. The van der Waals surface area contributed by atoms with Gasteiger partial charge in [-0.15, -0.1) is 0 Å². The Morgan fingerprint density at radius 1 is 1.50 bits per heavy atom. The number of hydrogen-bond donors (Lipinski definition) is 2. The van der Waals surface area contributed by atoms with Crippen molar-refractivity contribution in [3.63, 3.8) is 0 Å². The molecule has 8 nitrogen and oxygen atoms in total. The predicted octanol–water partition coefficient (Wildman–Crippen LogP) is 0.420. The molecule has 0 saturated carbocycles. The fraction of sp³-hybridized carbons (Fsp3) is 0.500. The van der Waals surface area contributed by atoms with Crippen LogP contribution in [0.1, 0.15) is 26.1 Å². The van der Waals surface area contributed by atoms with E-state index in [1.54, 1.807) is 6.92 Å². The smallest absolute Gasteiger partial charge is 0.278 e. The Balaban J connectivity index is 2.15. The van der Waals surface area contributed by atoms with Crippen LogP contribution in [0.4, 0.5) is 0 Å². The summed E-state index contributed by atoms with van der Waals surface area (Å²) in [6.45, 7) is 4.69. The van der Waals surface area contributed by atoms with Gasteiger partial charge in [-0.3, -0.25) is 4.79 Å². The highest BCUT2D eigenvalue weighted by Crippen LogP contribution is 2.19. The van der Waals surface area contributed by atoms with E-state index in [1.807, 2.05) is 6.92 Å². The molecule has 20 heavy (non-hydrogen) atoms. The lowest BCUT2D eigenvalue weighted by molar-refractivity contribution is 0.0867. The average molecular weight is 279 g/mol. The van der Waals surface area contributed by atoms with Crippen molar-refractivity contribution >= 4 is 0 Å². The minimum Gasteiger partial charge on any atom is -0.379 e. The maximum atomic E-state index is 10.9. The molecule has 0 aromatic carbocycles. The molecular formula is C12H17N5O3. The van der Waals surface area contributed by atoms with Crippen LogP contribution in [-0.2, 0) is 10.3 Å². The van der Waals surface area contributed by atoms with Gasteiger partial charge in [-0.1, -0.05) is 12.1 Å². The standard InChI is InChI=1S/C12H17N5O3/c1-3-6-19-7-12(2,13)11-14-10(20-17-11)8-4-5-9(18)16-15-8/h4-5H,3,6-7,13H2,1-2H3,(H,16,18). The lowest BCUT2D eigenvalue weighted by atomic mass is 10.1. The Morgan fingerprint density at radius 3 is 2.95 bits per heavy atom. The van der Waals surface area contributed by atoms with E-state index in [0.717, 1.165) is 6.42 Å². The second kappa shape index (κ2) is 5.93. The molecule has 2 rings (SSSR count). The van der Waals surface area contributed by atoms with Crippen LogP contribution in [0.2, 0.25) is 0 Å². The van der Waals surface area contributed by atoms with Crippen molar-refractivity contribution in [3.05, 3.63) is 28.3 Å². The fourth-order valence-corrected chi connectivity index (χ4v) is 1.52. The van der Waals surface area contributed by atoms with Gasteiger partial charge in [-0.25, -0.2) is 5.10 Å². The van der Waals surface area contributed by atoms with Crippen molar-refractivity contribution in [2.75, 3.05) is 13.2 Å². The van der Waals surface area contributed by atoms with E-state index in [0.29, 0.717) is 24.7 Å². The van der Waals surface area contributed by atoms with Crippen LogP contribution in [0, 0.1) is 0 Å². The number of nitrogens with two attached hydrogens (primary N) is 1. The van der Waals surface area contributed by atoms with Gasteiger partial charge in [-0.05, 0) is 19.4 Å². The van der Waals surface area contributed by atoms with Crippen molar-refractivity contribution in [1.82, 2.24) is 20.3 Å². The number of hydrogen-bond acceptors (Lipinski definition) is 7. The second-order valence-electron chi connectivity index (χ2n) is 4.70. The highest BCUT2D eigenvalue weighted by molar-refractivity contribution is 5.44. The molecule has 0 bridgehead atoms. The number of nitrogens with one attached hydrogen (secondary N) is 1. The molecule has 0 aliphatic rings. The summed E-state index contributed by atoms with van der Waals surface area (Å²) in [5, 5.41) is 9.95. The Bertz CT molecular complexity index is 599. The first kappa shape index (κ1) is 14.4. The summed E-state index contributed by atoms with van der Waals surface area (Å²) < 4.78 is 10.5. The minimum atomic E-state index is -0.848. The number of rotatable bonds is 6. The highest BCUT2D eigenvalue weighted by Gasteiger charge is 2.28. The second-order valence-corrected chi connectivity index (χ2v) is 4.70. The van der Waals surface area contributed by atoms with E-state index < -0.39 is 5.54 Å². The van der Waals surface area contributed by atoms with Gasteiger partial charge in [0.25, 0.3) is 11.4 Å². The highest BCUT2D eigenvalue weighted by atomic mass is 16.5. The van der Waals surface area contributed by atoms with Crippen LogP contribution < -0.4 is 11.3 Å². The number of aromatic amines is 1. The lowest BCUT2D eigenvalue weighted by Crippen LogP contribution is -2.39. The Hall–Kier alpha value is -2.06. The third kappa shape index (κ3) is 3.28. The topological polar surface area (TPSA) is 120 Å². The Kier molecular flexibility index (Phi) is 4.26. The third-order valence-electron chi connectivity index (χ3n) is 2.59. The van der Waals surface area contributed by atoms with Gasteiger partial charge >= 0.3 is 0 Å². The van der Waals surface area contributed by atoms with E-state index in [-0.39, 0.29) is 11.4 Å². The molecule has 3 N–H and O–H groups in total. The molecule has 2 aromatic rings. The van der Waals surface area contributed by atoms with Crippen LogP contribution in [-0.4, -0.2) is 33.6 Å². The van der Waals surface area contributed by atoms with E-state index in [2.05, 4.69) is 20.3 Å². The van der Waals surface area contributed by atoms with Gasteiger partial charge in [0.2, 0.25) is 0 Å². The molecule has 8 heteroatoms. The predicted molar refractivity (Wildman–Crippen MR) is 70.8 cm³/mol. The zero-order valence-electron chi connectivity index (χ0n) is 11.4. The van der Waals surface area contributed by atoms with Crippen molar-refractivity contribution in [3.8, 4) is 11.6 Å².